The smallest absolute Gasteiger partial charge is 0.275 e. The molecule has 2 bridgehead atoms. The van der Waals surface area contributed by atoms with Crippen molar-refractivity contribution < 1.29 is 4.79 Å². The lowest BCUT2D eigenvalue weighted by molar-refractivity contribution is -0.132. The van der Waals surface area contributed by atoms with E-state index < -0.39 is 0 Å². The van der Waals surface area contributed by atoms with Crippen LogP contribution < -0.4 is 5.56 Å². The van der Waals surface area contributed by atoms with Gasteiger partial charge in [0.15, 0.2) is 0 Å². The van der Waals surface area contributed by atoms with E-state index in [4.69, 9.17) is 0 Å². The van der Waals surface area contributed by atoms with Crippen LogP contribution in [0.25, 0.3) is 10.8 Å². The van der Waals surface area contributed by atoms with Crippen molar-refractivity contribution in [2.24, 2.45) is 11.8 Å². The highest BCUT2D eigenvalue weighted by atomic mass is 16.2. The molecule has 4 fully saturated rings. The molecule has 4 heterocycles. The van der Waals surface area contributed by atoms with Crippen molar-refractivity contribution >= 4 is 16.7 Å². The Kier molecular flexibility index (Phi) is 4.67. The summed E-state index contributed by atoms with van der Waals surface area (Å²) in [6.07, 6.45) is 8.19. The highest BCUT2D eigenvalue weighted by Crippen LogP contribution is 2.33. The minimum atomic E-state index is -0.184. The summed E-state index contributed by atoms with van der Waals surface area (Å²) in [5, 5.41) is 5.67. The van der Waals surface area contributed by atoms with Gasteiger partial charge in [-0.15, -0.1) is 0 Å². The molecule has 0 spiro atoms. The summed E-state index contributed by atoms with van der Waals surface area (Å²) >= 11 is 0. The van der Waals surface area contributed by atoms with Crippen molar-refractivity contribution in [1.82, 2.24) is 19.6 Å². The van der Waals surface area contributed by atoms with Crippen molar-refractivity contribution in [1.29, 1.82) is 0 Å². The van der Waals surface area contributed by atoms with Gasteiger partial charge in [0.1, 0.15) is 6.54 Å². The zero-order valence-corrected chi connectivity index (χ0v) is 16.3. The van der Waals surface area contributed by atoms with Gasteiger partial charge in [-0.2, -0.15) is 5.10 Å². The summed E-state index contributed by atoms with van der Waals surface area (Å²) in [5.74, 6) is 1.44. The van der Waals surface area contributed by atoms with Gasteiger partial charge in [-0.3, -0.25) is 14.5 Å². The number of benzene rings is 1. The molecule has 6 nitrogen and oxygen atoms in total. The molecule has 2 aromatic rings. The summed E-state index contributed by atoms with van der Waals surface area (Å²) in [6, 6.07) is 7.88. The Hall–Kier alpha value is -2.21. The van der Waals surface area contributed by atoms with Gasteiger partial charge in [-0.1, -0.05) is 24.6 Å². The Morgan fingerprint density at radius 2 is 1.93 bits per heavy atom. The fourth-order valence-electron chi connectivity index (χ4n) is 5.08. The number of carbonyl (C=O) groups is 1. The number of carbonyl (C=O) groups excluding carboxylic acids is 1. The van der Waals surface area contributed by atoms with Crippen molar-refractivity contribution in [2.75, 3.05) is 26.2 Å². The number of aromatic nitrogens is 2. The van der Waals surface area contributed by atoms with Gasteiger partial charge in [-0.05, 0) is 43.6 Å². The number of hydrogen-bond acceptors (Lipinski definition) is 4. The fraction of sp³-hybridized carbons (Fsp3) is 0.591. The third-order valence-electron chi connectivity index (χ3n) is 6.94. The molecular weight excluding hydrogens is 352 g/mol. The van der Waals surface area contributed by atoms with Crippen LogP contribution in [0.15, 0.2) is 35.3 Å². The molecule has 148 valence electrons. The lowest BCUT2D eigenvalue weighted by Gasteiger charge is -2.40. The second-order valence-electron chi connectivity index (χ2n) is 8.84. The van der Waals surface area contributed by atoms with E-state index in [-0.39, 0.29) is 18.0 Å². The van der Waals surface area contributed by atoms with E-state index in [1.165, 1.54) is 43.3 Å². The Bertz CT molecular complexity index is 936. The number of fused-ring (bicyclic) bond motifs is 5. The predicted molar refractivity (Wildman–Crippen MR) is 108 cm³/mol. The SMILES string of the molecule is O=C(Cn1ncc2ccccc2c1=O)N1C[C@H]2CC[C@@H](C1)N(CC1CCC1)C2. The zero-order chi connectivity index (χ0) is 19.1. The van der Waals surface area contributed by atoms with Crippen LogP contribution in [-0.2, 0) is 11.3 Å². The Balaban J connectivity index is 1.30. The molecule has 3 aliphatic heterocycles. The highest BCUT2D eigenvalue weighted by molar-refractivity contribution is 5.81. The summed E-state index contributed by atoms with van der Waals surface area (Å²) in [6.45, 7) is 3.98. The molecule has 2 atom stereocenters. The quantitative estimate of drug-likeness (QED) is 0.815. The normalized spacial score (nSPS) is 25.6. The van der Waals surface area contributed by atoms with Crippen molar-refractivity contribution in [3.8, 4) is 0 Å². The molecule has 4 aliphatic rings. The molecule has 6 heteroatoms. The van der Waals surface area contributed by atoms with Crippen molar-refractivity contribution in [3.63, 3.8) is 0 Å². The summed E-state index contributed by atoms with van der Waals surface area (Å²) in [7, 11) is 0. The molecule has 3 saturated heterocycles. The van der Waals surface area contributed by atoms with Crippen LogP contribution in [-0.4, -0.2) is 57.7 Å². The third kappa shape index (κ3) is 3.34. The minimum Gasteiger partial charge on any atom is -0.339 e. The first-order chi connectivity index (χ1) is 13.7. The van der Waals surface area contributed by atoms with E-state index in [1.54, 1.807) is 12.3 Å². The monoisotopic (exact) mass is 380 g/mol. The standard InChI is InChI=1S/C22H28N4O2/c27-21(15-26-22(28)20-7-2-1-6-18(20)10-23-26)25-13-17-8-9-19(14-25)24(12-17)11-16-4-3-5-16/h1-2,6-7,10,16-17,19H,3-5,8-9,11-15H2/t17-,19-/m0/s1. The van der Waals surface area contributed by atoms with Gasteiger partial charge < -0.3 is 4.90 Å². The van der Waals surface area contributed by atoms with Crippen molar-refractivity contribution in [3.05, 3.63) is 40.8 Å². The maximum absolute atomic E-state index is 13.0. The maximum atomic E-state index is 13.0. The molecule has 0 unspecified atom stereocenters. The van der Waals surface area contributed by atoms with Gasteiger partial charge in [0.05, 0.1) is 11.6 Å². The lowest BCUT2D eigenvalue weighted by atomic mass is 9.83. The second-order valence-corrected chi connectivity index (χ2v) is 8.84. The number of amides is 1. The van der Waals surface area contributed by atoms with E-state index in [9.17, 15) is 9.59 Å². The third-order valence-corrected chi connectivity index (χ3v) is 6.94. The van der Waals surface area contributed by atoms with Gasteiger partial charge in [0.25, 0.3) is 5.56 Å². The number of rotatable bonds is 4. The fourth-order valence-corrected chi connectivity index (χ4v) is 5.08. The molecule has 1 amide bonds. The summed E-state index contributed by atoms with van der Waals surface area (Å²) in [4.78, 5) is 30.4. The Morgan fingerprint density at radius 3 is 2.75 bits per heavy atom. The number of piperidine rings is 1. The molecule has 1 aliphatic carbocycles. The van der Waals surface area contributed by atoms with E-state index >= 15 is 0 Å². The van der Waals surface area contributed by atoms with Crippen molar-refractivity contribution in [2.45, 2.75) is 44.7 Å². The van der Waals surface area contributed by atoms with Crippen LogP contribution in [0.4, 0.5) is 0 Å². The van der Waals surface area contributed by atoms with Gasteiger partial charge in [0, 0.05) is 37.6 Å². The molecule has 1 saturated carbocycles. The number of nitrogens with zero attached hydrogens (tertiary/aromatic N) is 4. The van der Waals surface area contributed by atoms with E-state index in [0.717, 1.165) is 30.9 Å². The van der Waals surface area contributed by atoms with E-state index in [0.29, 0.717) is 17.3 Å². The minimum absolute atomic E-state index is 0.0206. The average molecular weight is 380 g/mol. The molecule has 28 heavy (non-hydrogen) atoms. The van der Waals surface area contributed by atoms with Crippen LogP contribution in [0.1, 0.15) is 32.1 Å². The molecule has 1 aromatic carbocycles. The first kappa shape index (κ1) is 17.9. The highest BCUT2D eigenvalue weighted by Gasteiger charge is 2.37. The lowest BCUT2D eigenvalue weighted by Crippen LogP contribution is -2.47. The summed E-state index contributed by atoms with van der Waals surface area (Å²) < 4.78 is 1.32. The van der Waals surface area contributed by atoms with Crippen LogP contribution in [0.3, 0.4) is 0 Å². The molecular formula is C22H28N4O2. The summed E-state index contributed by atoms with van der Waals surface area (Å²) in [5.41, 5.74) is -0.184. The molecule has 6 rings (SSSR count). The maximum Gasteiger partial charge on any atom is 0.275 e. The molecule has 1 aromatic heterocycles. The van der Waals surface area contributed by atoms with Crippen LogP contribution in [0.2, 0.25) is 0 Å². The Morgan fingerprint density at radius 1 is 1.07 bits per heavy atom. The second kappa shape index (κ2) is 7.32. The van der Waals surface area contributed by atoms with E-state index in [1.807, 2.05) is 23.1 Å². The van der Waals surface area contributed by atoms with Gasteiger partial charge >= 0.3 is 0 Å². The first-order valence-corrected chi connectivity index (χ1v) is 10.6. The topological polar surface area (TPSA) is 58.4 Å². The molecule has 0 N–H and O–H groups in total. The Labute approximate surface area is 165 Å². The zero-order valence-electron chi connectivity index (χ0n) is 16.3. The number of hydrogen-bond donors (Lipinski definition) is 0. The predicted octanol–water partition coefficient (Wildman–Crippen LogP) is 2.12. The average Bonchev–Trinajstić information content (AvgIpc) is 2.99. The van der Waals surface area contributed by atoms with Gasteiger partial charge in [-0.25, -0.2) is 4.68 Å². The van der Waals surface area contributed by atoms with E-state index in [2.05, 4.69) is 10.00 Å². The largest absolute Gasteiger partial charge is 0.339 e. The van der Waals surface area contributed by atoms with Crippen LogP contribution >= 0.6 is 0 Å². The van der Waals surface area contributed by atoms with Crippen LogP contribution in [0.5, 0.6) is 0 Å². The van der Waals surface area contributed by atoms with Gasteiger partial charge in [0.2, 0.25) is 5.91 Å². The molecule has 0 radical (unpaired) electrons. The first-order valence-electron chi connectivity index (χ1n) is 10.6. The van der Waals surface area contributed by atoms with Crippen LogP contribution in [0, 0.1) is 11.8 Å².